The van der Waals surface area contributed by atoms with E-state index in [-0.39, 0.29) is 5.82 Å². The van der Waals surface area contributed by atoms with Crippen LogP contribution in [-0.4, -0.2) is 20.7 Å². The molecule has 0 spiro atoms. The molecule has 4 rings (SSSR count). The van der Waals surface area contributed by atoms with Gasteiger partial charge in [0.15, 0.2) is 5.82 Å². The zero-order valence-electron chi connectivity index (χ0n) is 16.4. The number of anilines is 1. The lowest BCUT2D eigenvalue weighted by Crippen LogP contribution is -2.14. The van der Waals surface area contributed by atoms with Crippen molar-refractivity contribution >= 4 is 34.8 Å². The first-order valence-corrected chi connectivity index (χ1v) is 10.0. The molecule has 0 bridgehead atoms. The zero-order valence-corrected chi connectivity index (χ0v) is 17.9. The number of carbonyl (C=O) groups excluding carboxylic acids is 1. The highest BCUT2D eigenvalue weighted by Gasteiger charge is 2.20. The Bertz CT molecular complexity index is 1250. The highest BCUT2D eigenvalue weighted by atomic mass is 35.5. The molecule has 0 radical (unpaired) electrons. The topological polar surface area (TPSA) is 59.8 Å². The van der Waals surface area contributed by atoms with E-state index in [4.69, 9.17) is 23.2 Å². The number of benzene rings is 3. The first-order chi connectivity index (χ1) is 14.4. The second kappa shape index (κ2) is 8.30. The number of carbonyl (C=O) groups is 1. The van der Waals surface area contributed by atoms with Crippen LogP contribution in [0.4, 0.5) is 5.69 Å². The van der Waals surface area contributed by atoms with E-state index in [9.17, 15) is 4.79 Å². The Labute approximate surface area is 184 Å². The molecule has 0 unspecified atom stereocenters. The molecule has 1 heterocycles. The van der Waals surface area contributed by atoms with Gasteiger partial charge in [-0.1, -0.05) is 53.5 Å². The molecule has 0 saturated heterocycles. The summed E-state index contributed by atoms with van der Waals surface area (Å²) >= 11 is 12.2. The Hall–Kier alpha value is -3.15. The fourth-order valence-electron chi connectivity index (χ4n) is 3.09. The van der Waals surface area contributed by atoms with Crippen LogP contribution < -0.4 is 5.32 Å². The van der Waals surface area contributed by atoms with Gasteiger partial charge in [0.25, 0.3) is 5.91 Å². The van der Waals surface area contributed by atoms with Gasteiger partial charge in [0, 0.05) is 21.3 Å². The molecular weight excluding hydrogens is 419 g/mol. The largest absolute Gasteiger partial charge is 0.319 e. The van der Waals surface area contributed by atoms with E-state index in [1.807, 2.05) is 44.2 Å². The normalized spacial score (nSPS) is 10.8. The fourth-order valence-corrected chi connectivity index (χ4v) is 3.47. The quantitative estimate of drug-likeness (QED) is 0.419. The molecule has 4 aromatic rings. The molecule has 3 aromatic carbocycles. The van der Waals surface area contributed by atoms with Gasteiger partial charge in [-0.05, 0) is 61.4 Å². The summed E-state index contributed by atoms with van der Waals surface area (Å²) in [6.07, 6.45) is 0. The van der Waals surface area contributed by atoms with Gasteiger partial charge < -0.3 is 5.32 Å². The monoisotopic (exact) mass is 436 g/mol. The van der Waals surface area contributed by atoms with E-state index in [1.54, 1.807) is 41.1 Å². The van der Waals surface area contributed by atoms with Crippen molar-refractivity contribution in [1.82, 2.24) is 14.8 Å². The number of aryl methyl sites for hydroxylation is 2. The number of aromatic nitrogens is 3. The number of rotatable bonds is 4. The molecule has 1 aromatic heterocycles. The minimum absolute atomic E-state index is 0.0471. The van der Waals surface area contributed by atoms with E-state index in [0.717, 1.165) is 22.4 Å². The van der Waals surface area contributed by atoms with Crippen molar-refractivity contribution in [1.29, 1.82) is 0 Å². The maximum atomic E-state index is 12.9. The third kappa shape index (κ3) is 4.22. The van der Waals surface area contributed by atoms with E-state index in [2.05, 4.69) is 15.4 Å². The van der Waals surface area contributed by atoms with Gasteiger partial charge in [-0.25, -0.2) is 9.67 Å². The van der Waals surface area contributed by atoms with E-state index in [1.165, 1.54) is 0 Å². The predicted octanol–water partition coefficient (Wildman–Crippen LogP) is 6.11. The Morgan fingerprint density at radius 2 is 1.67 bits per heavy atom. The standard InChI is InChI=1S/C23H18Cl2N4O/c1-14-9-10-15(2)20(11-14)29-22(16-5-3-6-17(24)12-16)27-21(28-29)23(30)26-19-8-4-7-18(25)13-19/h3-13H,1-2H3,(H,26,30). The number of hydrogen-bond acceptors (Lipinski definition) is 3. The Balaban J connectivity index is 1.81. The van der Waals surface area contributed by atoms with Crippen molar-refractivity contribution in [3.63, 3.8) is 0 Å². The van der Waals surface area contributed by atoms with Crippen LogP contribution in [0.5, 0.6) is 0 Å². The van der Waals surface area contributed by atoms with Crippen LogP contribution >= 0.6 is 23.2 Å². The van der Waals surface area contributed by atoms with Crippen LogP contribution in [0.15, 0.2) is 66.7 Å². The number of nitrogens with zero attached hydrogens (tertiary/aromatic N) is 3. The van der Waals surface area contributed by atoms with Gasteiger partial charge in [-0.15, -0.1) is 5.10 Å². The van der Waals surface area contributed by atoms with E-state index in [0.29, 0.717) is 21.6 Å². The molecule has 5 nitrogen and oxygen atoms in total. The van der Waals surface area contributed by atoms with Gasteiger partial charge in [-0.2, -0.15) is 0 Å². The Kier molecular flexibility index (Phi) is 5.57. The van der Waals surface area contributed by atoms with Crippen molar-refractivity contribution in [3.05, 3.63) is 93.7 Å². The average Bonchev–Trinajstić information content (AvgIpc) is 3.15. The molecule has 7 heteroatoms. The molecule has 1 N–H and O–H groups in total. The summed E-state index contributed by atoms with van der Waals surface area (Å²) in [5.41, 5.74) is 4.26. The maximum Gasteiger partial charge on any atom is 0.295 e. The second-order valence-electron chi connectivity index (χ2n) is 6.94. The van der Waals surface area contributed by atoms with E-state index < -0.39 is 5.91 Å². The zero-order chi connectivity index (χ0) is 21.3. The second-order valence-corrected chi connectivity index (χ2v) is 7.81. The van der Waals surface area contributed by atoms with Crippen LogP contribution in [0.3, 0.4) is 0 Å². The van der Waals surface area contributed by atoms with Crippen LogP contribution in [0.2, 0.25) is 10.0 Å². The van der Waals surface area contributed by atoms with Gasteiger partial charge in [0.05, 0.1) is 5.69 Å². The van der Waals surface area contributed by atoms with Crippen molar-refractivity contribution in [3.8, 4) is 17.1 Å². The SMILES string of the molecule is Cc1ccc(C)c(-n2nc(C(=O)Nc3cccc(Cl)c3)nc2-c2cccc(Cl)c2)c1. The lowest BCUT2D eigenvalue weighted by atomic mass is 10.1. The molecule has 0 aliphatic carbocycles. The van der Waals surface area contributed by atoms with Gasteiger partial charge in [-0.3, -0.25) is 4.79 Å². The van der Waals surface area contributed by atoms with Crippen molar-refractivity contribution in [2.45, 2.75) is 13.8 Å². The van der Waals surface area contributed by atoms with E-state index >= 15 is 0 Å². The first kappa shape index (κ1) is 20.1. The van der Waals surface area contributed by atoms with Gasteiger partial charge in [0.2, 0.25) is 5.82 Å². The molecule has 1 amide bonds. The molecule has 150 valence electrons. The number of amides is 1. The summed E-state index contributed by atoms with van der Waals surface area (Å²) in [6, 6.07) is 20.3. The third-order valence-corrected chi connectivity index (χ3v) is 5.04. The molecule has 30 heavy (non-hydrogen) atoms. The predicted molar refractivity (Wildman–Crippen MR) is 121 cm³/mol. The molecule has 0 saturated carbocycles. The number of halogens is 2. The van der Waals surface area contributed by atoms with Crippen molar-refractivity contribution < 1.29 is 4.79 Å². The van der Waals surface area contributed by atoms with Crippen LogP contribution in [-0.2, 0) is 0 Å². The summed E-state index contributed by atoms with van der Waals surface area (Å²) in [4.78, 5) is 17.4. The van der Waals surface area contributed by atoms with Crippen molar-refractivity contribution in [2.75, 3.05) is 5.32 Å². The van der Waals surface area contributed by atoms with Gasteiger partial charge >= 0.3 is 0 Å². The fraction of sp³-hybridized carbons (Fsp3) is 0.0870. The van der Waals surface area contributed by atoms with Crippen LogP contribution in [0, 0.1) is 13.8 Å². The van der Waals surface area contributed by atoms with Crippen LogP contribution in [0.25, 0.3) is 17.1 Å². The van der Waals surface area contributed by atoms with Crippen LogP contribution in [0.1, 0.15) is 21.7 Å². The average molecular weight is 437 g/mol. The number of hydrogen-bond donors (Lipinski definition) is 1. The number of nitrogens with one attached hydrogen (secondary N) is 1. The highest BCUT2D eigenvalue weighted by Crippen LogP contribution is 2.26. The lowest BCUT2D eigenvalue weighted by molar-refractivity contribution is 0.101. The smallest absolute Gasteiger partial charge is 0.295 e. The molecule has 0 fully saturated rings. The molecule has 0 atom stereocenters. The minimum atomic E-state index is -0.426. The Morgan fingerprint density at radius 1 is 0.933 bits per heavy atom. The highest BCUT2D eigenvalue weighted by molar-refractivity contribution is 6.31. The third-order valence-electron chi connectivity index (χ3n) is 4.57. The first-order valence-electron chi connectivity index (χ1n) is 9.28. The molecular formula is C23H18Cl2N4O. The summed E-state index contributed by atoms with van der Waals surface area (Å²) in [7, 11) is 0. The summed E-state index contributed by atoms with van der Waals surface area (Å²) in [5, 5.41) is 8.42. The maximum absolute atomic E-state index is 12.9. The molecule has 0 aliphatic heterocycles. The summed E-state index contributed by atoms with van der Waals surface area (Å²) in [6.45, 7) is 4.00. The summed E-state index contributed by atoms with van der Waals surface area (Å²) < 4.78 is 1.68. The van der Waals surface area contributed by atoms with Gasteiger partial charge in [0.1, 0.15) is 0 Å². The van der Waals surface area contributed by atoms with Crippen molar-refractivity contribution in [2.24, 2.45) is 0 Å². The Morgan fingerprint density at radius 3 is 2.40 bits per heavy atom. The molecule has 0 aliphatic rings. The summed E-state index contributed by atoms with van der Waals surface area (Å²) in [5.74, 6) is 0.151. The minimum Gasteiger partial charge on any atom is -0.319 e. The lowest BCUT2D eigenvalue weighted by Gasteiger charge is -2.10.